The maximum absolute atomic E-state index is 14.3. The monoisotopic (exact) mass is 440 g/mol. The van der Waals surface area contributed by atoms with Crippen LogP contribution in [-0.2, 0) is 16.1 Å². The van der Waals surface area contributed by atoms with Gasteiger partial charge in [0.15, 0.2) is 5.16 Å². The topological polar surface area (TPSA) is 61.5 Å². The second-order valence-corrected chi connectivity index (χ2v) is 9.30. The lowest BCUT2D eigenvalue weighted by Crippen LogP contribution is -2.49. The lowest BCUT2D eigenvalue weighted by Gasteiger charge is -2.32. The Morgan fingerprint density at radius 2 is 1.94 bits per heavy atom. The van der Waals surface area contributed by atoms with Crippen LogP contribution in [0.2, 0.25) is 0 Å². The summed E-state index contributed by atoms with van der Waals surface area (Å²) in [5, 5.41) is 1.05. The number of aromatic nitrogens is 2. The third-order valence-corrected chi connectivity index (χ3v) is 7.04. The molecule has 1 N–H and O–H groups in total. The molecule has 2 aliphatic rings. The van der Waals surface area contributed by atoms with Crippen LogP contribution in [-0.4, -0.2) is 69.8 Å². The van der Waals surface area contributed by atoms with E-state index in [2.05, 4.69) is 14.9 Å². The number of amides is 1. The molecule has 0 spiro atoms. The number of carbonyl (C=O) groups excluding carboxylic acids is 1. The van der Waals surface area contributed by atoms with E-state index in [0.717, 1.165) is 16.2 Å². The molecule has 5 rings (SSSR count). The Labute approximate surface area is 184 Å². The van der Waals surface area contributed by atoms with Crippen molar-refractivity contribution >= 4 is 28.7 Å². The van der Waals surface area contributed by atoms with Gasteiger partial charge < -0.3 is 14.6 Å². The van der Waals surface area contributed by atoms with E-state index in [0.29, 0.717) is 51.4 Å². The second kappa shape index (κ2) is 8.98. The van der Waals surface area contributed by atoms with Crippen LogP contribution in [0.3, 0.4) is 0 Å². The zero-order valence-electron chi connectivity index (χ0n) is 17.2. The Bertz CT molecular complexity index is 1040. The lowest BCUT2D eigenvalue weighted by atomic mass is 10.1. The summed E-state index contributed by atoms with van der Waals surface area (Å²) in [7, 11) is 0. The molecule has 2 aromatic carbocycles. The highest BCUT2D eigenvalue weighted by Crippen LogP contribution is 2.34. The molecule has 0 saturated carbocycles. The van der Waals surface area contributed by atoms with Crippen LogP contribution in [0.15, 0.2) is 53.7 Å². The maximum atomic E-state index is 14.3. The summed E-state index contributed by atoms with van der Waals surface area (Å²) in [6.45, 7) is 3.50. The van der Waals surface area contributed by atoms with Gasteiger partial charge in [0.1, 0.15) is 5.82 Å². The zero-order valence-corrected chi connectivity index (χ0v) is 18.0. The fourth-order valence-corrected chi connectivity index (χ4v) is 5.54. The van der Waals surface area contributed by atoms with Crippen LogP contribution in [0, 0.1) is 5.82 Å². The molecular weight excluding hydrogens is 415 g/mol. The van der Waals surface area contributed by atoms with Gasteiger partial charge in [0.25, 0.3) is 0 Å². The minimum atomic E-state index is -0.264. The number of H-pyrrole nitrogens is 1. The Morgan fingerprint density at radius 3 is 2.74 bits per heavy atom. The highest BCUT2D eigenvalue weighted by Gasteiger charge is 2.40. The normalized spacial score (nSPS) is 22.3. The third kappa shape index (κ3) is 4.46. The van der Waals surface area contributed by atoms with E-state index < -0.39 is 0 Å². The van der Waals surface area contributed by atoms with Crippen molar-refractivity contribution in [3.63, 3.8) is 0 Å². The average Bonchev–Trinajstić information content (AvgIpc) is 3.39. The van der Waals surface area contributed by atoms with Crippen molar-refractivity contribution in [2.45, 2.75) is 29.4 Å². The first kappa shape index (κ1) is 20.5. The molecular formula is C23H25FN4O2S. The SMILES string of the molecule is O=C([C@@H]1C[C@@H](Sc2nc3ccccc3[nH]2)CN1Cc1ccccc1F)N1CCOCC1. The van der Waals surface area contributed by atoms with Crippen molar-refractivity contribution in [3.8, 4) is 0 Å². The van der Waals surface area contributed by atoms with E-state index in [1.54, 1.807) is 23.9 Å². The van der Waals surface area contributed by atoms with E-state index in [4.69, 9.17) is 4.74 Å². The van der Waals surface area contributed by atoms with E-state index in [1.165, 1.54) is 6.07 Å². The standard InChI is InChI=1S/C23H25FN4O2S/c24-18-6-2-1-5-16(18)14-28-15-17(13-21(28)22(29)27-9-11-30-12-10-27)31-23-25-19-7-3-4-8-20(19)26-23/h1-8,17,21H,9-15H2,(H,25,26)/t17-,21+/m1/s1. The minimum Gasteiger partial charge on any atom is -0.378 e. The molecule has 2 aliphatic heterocycles. The Hall–Kier alpha value is -2.42. The van der Waals surface area contributed by atoms with Gasteiger partial charge >= 0.3 is 0 Å². The van der Waals surface area contributed by atoms with E-state index in [9.17, 15) is 9.18 Å². The first-order chi connectivity index (χ1) is 15.2. The predicted octanol–water partition coefficient (Wildman–Crippen LogP) is 3.30. The molecule has 0 aliphatic carbocycles. The van der Waals surface area contributed by atoms with Gasteiger partial charge in [-0.1, -0.05) is 42.1 Å². The smallest absolute Gasteiger partial charge is 0.240 e. The van der Waals surface area contributed by atoms with E-state index >= 15 is 0 Å². The van der Waals surface area contributed by atoms with Crippen molar-refractivity contribution in [2.75, 3.05) is 32.8 Å². The molecule has 1 aromatic heterocycles. The molecule has 3 aromatic rings. The number of hydrogen-bond acceptors (Lipinski definition) is 5. The van der Waals surface area contributed by atoms with Gasteiger partial charge in [-0.25, -0.2) is 9.37 Å². The van der Waals surface area contributed by atoms with Crippen LogP contribution in [0.4, 0.5) is 4.39 Å². The van der Waals surface area contributed by atoms with Gasteiger partial charge in [0.2, 0.25) is 5.91 Å². The molecule has 162 valence electrons. The summed E-state index contributed by atoms with van der Waals surface area (Å²) in [4.78, 5) is 25.4. The van der Waals surface area contributed by atoms with Crippen LogP contribution in [0.1, 0.15) is 12.0 Å². The van der Waals surface area contributed by atoms with Gasteiger partial charge in [0.05, 0.1) is 30.3 Å². The molecule has 1 amide bonds. The van der Waals surface area contributed by atoms with Crippen molar-refractivity contribution in [3.05, 3.63) is 59.9 Å². The average molecular weight is 441 g/mol. The molecule has 3 heterocycles. The first-order valence-corrected chi connectivity index (χ1v) is 11.5. The van der Waals surface area contributed by atoms with Gasteiger partial charge in [0, 0.05) is 37.0 Å². The zero-order chi connectivity index (χ0) is 21.2. The maximum Gasteiger partial charge on any atom is 0.240 e. The summed E-state index contributed by atoms with van der Waals surface area (Å²) in [5.41, 5.74) is 2.57. The van der Waals surface area contributed by atoms with Crippen LogP contribution >= 0.6 is 11.8 Å². The number of thioether (sulfide) groups is 1. The van der Waals surface area contributed by atoms with E-state index in [1.807, 2.05) is 35.2 Å². The van der Waals surface area contributed by atoms with Crippen LogP contribution in [0.25, 0.3) is 11.0 Å². The summed E-state index contributed by atoms with van der Waals surface area (Å²) in [6, 6.07) is 14.5. The van der Waals surface area contributed by atoms with Crippen LogP contribution in [0.5, 0.6) is 0 Å². The lowest BCUT2D eigenvalue weighted by molar-refractivity contribution is -0.140. The molecule has 0 bridgehead atoms. The fraction of sp³-hybridized carbons (Fsp3) is 0.391. The summed E-state index contributed by atoms with van der Waals surface area (Å²) < 4.78 is 19.7. The van der Waals surface area contributed by atoms with Crippen LogP contribution < -0.4 is 0 Å². The van der Waals surface area contributed by atoms with E-state index in [-0.39, 0.29) is 23.0 Å². The number of carbonyl (C=O) groups is 1. The van der Waals surface area contributed by atoms with Gasteiger partial charge in [-0.15, -0.1) is 0 Å². The number of likely N-dealkylation sites (tertiary alicyclic amines) is 1. The molecule has 2 atom stereocenters. The van der Waals surface area contributed by atoms with Crippen molar-refractivity contribution < 1.29 is 13.9 Å². The van der Waals surface area contributed by atoms with Crippen molar-refractivity contribution in [2.24, 2.45) is 0 Å². The highest BCUT2D eigenvalue weighted by atomic mass is 32.2. The number of para-hydroxylation sites is 2. The van der Waals surface area contributed by atoms with Gasteiger partial charge in [-0.3, -0.25) is 9.69 Å². The highest BCUT2D eigenvalue weighted by molar-refractivity contribution is 7.99. The summed E-state index contributed by atoms with van der Waals surface area (Å²) in [5.74, 6) is -0.110. The molecule has 6 nitrogen and oxygen atoms in total. The third-order valence-electron chi connectivity index (χ3n) is 5.95. The molecule has 31 heavy (non-hydrogen) atoms. The molecule has 2 fully saturated rings. The summed E-state index contributed by atoms with van der Waals surface area (Å²) in [6.07, 6.45) is 0.715. The number of halogens is 1. The number of aromatic amines is 1. The molecule has 0 unspecified atom stereocenters. The number of morpholine rings is 1. The van der Waals surface area contributed by atoms with Crippen molar-refractivity contribution in [1.82, 2.24) is 19.8 Å². The number of fused-ring (bicyclic) bond motifs is 1. The quantitative estimate of drug-likeness (QED) is 0.660. The number of ether oxygens (including phenoxy) is 1. The Kier molecular flexibility index (Phi) is 5.93. The molecule has 2 saturated heterocycles. The Balaban J connectivity index is 1.35. The number of nitrogens with one attached hydrogen (secondary N) is 1. The number of imidazole rings is 1. The predicted molar refractivity (Wildman–Crippen MR) is 118 cm³/mol. The number of benzene rings is 2. The van der Waals surface area contributed by atoms with Gasteiger partial charge in [-0.05, 0) is 24.6 Å². The van der Waals surface area contributed by atoms with Gasteiger partial charge in [-0.2, -0.15) is 0 Å². The molecule has 8 heteroatoms. The largest absolute Gasteiger partial charge is 0.378 e. The second-order valence-electron chi connectivity index (χ2n) is 8.01. The first-order valence-electron chi connectivity index (χ1n) is 10.6. The molecule has 0 radical (unpaired) electrons. The summed E-state index contributed by atoms with van der Waals surface area (Å²) >= 11 is 1.67. The van der Waals surface area contributed by atoms with Crippen molar-refractivity contribution in [1.29, 1.82) is 0 Å². The Morgan fingerprint density at radius 1 is 1.16 bits per heavy atom. The number of rotatable bonds is 5. The number of nitrogens with zero attached hydrogens (tertiary/aromatic N) is 3. The fourth-order valence-electron chi connectivity index (χ4n) is 4.36. The number of hydrogen-bond donors (Lipinski definition) is 1. The minimum absolute atomic E-state index is 0.118.